The number of ketones is 1. The van der Waals surface area contributed by atoms with Gasteiger partial charge in [-0.2, -0.15) is 0 Å². The van der Waals surface area contributed by atoms with E-state index in [9.17, 15) is 28.6 Å². The molecule has 2 amide bonds. The molecule has 4 atom stereocenters. The van der Waals surface area contributed by atoms with E-state index < -0.39 is 34.5 Å². The van der Waals surface area contributed by atoms with Crippen LogP contribution in [-0.4, -0.2) is 57.8 Å². The molecular formula is C39H48F2N2O4S. The van der Waals surface area contributed by atoms with Gasteiger partial charge in [0, 0.05) is 34.0 Å². The molecule has 2 bridgehead atoms. The Morgan fingerprint density at radius 2 is 1.88 bits per heavy atom. The summed E-state index contributed by atoms with van der Waals surface area (Å²) in [5.74, 6) is -2.83. The highest BCUT2D eigenvalue weighted by molar-refractivity contribution is 7.09. The number of fused-ring (bicyclic) bond motifs is 8. The minimum Gasteiger partial charge on any atom is -0.393 e. The zero-order valence-corrected chi connectivity index (χ0v) is 29.2. The van der Waals surface area contributed by atoms with E-state index in [1.54, 1.807) is 22.3 Å². The van der Waals surface area contributed by atoms with Crippen LogP contribution in [0.2, 0.25) is 0 Å². The Morgan fingerprint density at radius 3 is 2.58 bits per heavy atom. The lowest BCUT2D eigenvalue weighted by Crippen LogP contribution is -2.56. The van der Waals surface area contributed by atoms with E-state index in [1.807, 2.05) is 43.5 Å². The Bertz CT molecular complexity index is 1640. The molecule has 3 aliphatic carbocycles. The molecule has 4 unspecified atom stereocenters. The summed E-state index contributed by atoms with van der Waals surface area (Å²) in [6.45, 7) is 8.53. The number of hydrogen-bond acceptors (Lipinski definition) is 5. The number of rotatable bonds is 8. The van der Waals surface area contributed by atoms with Crippen LogP contribution < -0.4 is 5.32 Å². The average Bonchev–Trinajstić information content (AvgIpc) is 3.64. The van der Waals surface area contributed by atoms with Gasteiger partial charge in [0.15, 0.2) is 17.4 Å². The van der Waals surface area contributed by atoms with Gasteiger partial charge in [-0.3, -0.25) is 4.79 Å². The Morgan fingerprint density at radius 1 is 1.08 bits per heavy atom. The topological polar surface area (TPSA) is 89.9 Å². The number of allylic oxidation sites excluding steroid dienone is 2. The van der Waals surface area contributed by atoms with Crippen LogP contribution in [-0.2, 0) is 12.8 Å². The zero-order valence-electron chi connectivity index (χ0n) is 28.4. The number of amides is 2. The molecule has 1 aromatic heterocycles. The second-order valence-corrected chi connectivity index (χ2v) is 15.3. The third kappa shape index (κ3) is 7.90. The van der Waals surface area contributed by atoms with Gasteiger partial charge in [0.1, 0.15) is 0 Å². The van der Waals surface area contributed by atoms with Gasteiger partial charge >= 0.3 is 6.03 Å². The van der Waals surface area contributed by atoms with E-state index in [0.29, 0.717) is 57.1 Å². The lowest BCUT2D eigenvalue weighted by molar-refractivity contribution is -0.0769. The van der Waals surface area contributed by atoms with Crippen LogP contribution in [0, 0.1) is 17.0 Å². The van der Waals surface area contributed by atoms with E-state index in [0.717, 1.165) is 34.6 Å². The van der Waals surface area contributed by atoms with Gasteiger partial charge in [-0.15, -0.1) is 11.3 Å². The first-order chi connectivity index (χ1) is 22.8. The number of carbonyl (C=O) groups excluding carboxylic acids is 2. The van der Waals surface area contributed by atoms with Crippen molar-refractivity contribution in [1.29, 1.82) is 0 Å². The quantitative estimate of drug-likeness (QED) is 0.167. The summed E-state index contributed by atoms with van der Waals surface area (Å²) >= 11 is 1.64. The molecule has 3 aliphatic rings. The van der Waals surface area contributed by atoms with Crippen LogP contribution >= 0.6 is 11.3 Å². The minimum absolute atomic E-state index is 0.0348. The second-order valence-electron chi connectivity index (χ2n) is 14.3. The molecule has 0 radical (unpaired) electrons. The molecule has 48 heavy (non-hydrogen) atoms. The first-order valence-corrected chi connectivity index (χ1v) is 17.9. The maximum absolute atomic E-state index is 14.3. The van der Waals surface area contributed by atoms with E-state index in [4.69, 9.17) is 0 Å². The molecule has 1 heterocycles. The molecule has 1 fully saturated rings. The van der Waals surface area contributed by atoms with Gasteiger partial charge in [-0.25, -0.2) is 13.6 Å². The smallest absolute Gasteiger partial charge is 0.317 e. The SMILES string of the molecule is CC1=CCCC2(C)C(CCC2(O)CN(CCc2cccs2)C(=O)NC(C)C)c2ccc(cc2C(=O)c2ccc(F)c(F)c2)CC(O)CC1. The number of thiophene rings is 1. The monoisotopic (exact) mass is 678 g/mol. The van der Waals surface area contributed by atoms with Gasteiger partial charge < -0.3 is 20.4 Å². The first-order valence-electron chi connectivity index (χ1n) is 17.1. The Hall–Kier alpha value is -3.40. The summed E-state index contributed by atoms with van der Waals surface area (Å²) in [5, 5.41) is 28.7. The number of nitrogens with zero attached hydrogens (tertiary/aromatic N) is 1. The fraction of sp³-hybridized carbons (Fsp3) is 0.487. The summed E-state index contributed by atoms with van der Waals surface area (Å²) in [5.41, 5.74) is 1.04. The predicted molar refractivity (Wildman–Crippen MR) is 186 cm³/mol. The minimum atomic E-state index is -1.28. The maximum Gasteiger partial charge on any atom is 0.317 e. The third-order valence-corrected chi connectivity index (χ3v) is 11.4. The van der Waals surface area contributed by atoms with Crippen LogP contribution in [0.1, 0.15) is 104 Å². The van der Waals surface area contributed by atoms with Crippen molar-refractivity contribution in [3.8, 4) is 0 Å². The van der Waals surface area contributed by atoms with E-state index in [1.165, 1.54) is 11.6 Å². The van der Waals surface area contributed by atoms with Gasteiger partial charge in [-0.1, -0.05) is 36.8 Å². The number of aliphatic hydroxyl groups is 2. The van der Waals surface area contributed by atoms with Crippen molar-refractivity contribution in [2.24, 2.45) is 5.41 Å². The van der Waals surface area contributed by atoms with Crippen LogP contribution in [0.4, 0.5) is 13.6 Å². The molecule has 6 rings (SSSR count). The summed E-state index contributed by atoms with van der Waals surface area (Å²) in [4.78, 5) is 30.6. The molecule has 1 saturated carbocycles. The lowest BCUT2D eigenvalue weighted by Gasteiger charge is -2.46. The molecule has 0 aliphatic heterocycles. The van der Waals surface area contributed by atoms with Crippen molar-refractivity contribution in [3.63, 3.8) is 0 Å². The average molecular weight is 679 g/mol. The largest absolute Gasteiger partial charge is 0.393 e. The van der Waals surface area contributed by atoms with Crippen molar-refractivity contribution in [3.05, 3.63) is 104 Å². The zero-order chi connectivity index (χ0) is 34.6. The van der Waals surface area contributed by atoms with Gasteiger partial charge in [0.05, 0.1) is 18.2 Å². The highest BCUT2D eigenvalue weighted by Gasteiger charge is 2.57. The highest BCUT2D eigenvalue weighted by atomic mass is 32.1. The first kappa shape index (κ1) is 35.9. The van der Waals surface area contributed by atoms with Crippen molar-refractivity contribution in [2.45, 2.75) is 103 Å². The number of hydrogen-bond donors (Lipinski definition) is 3. The van der Waals surface area contributed by atoms with Gasteiger partial charge in [0.25, 0.3) is 0 Å². The van der Waals surface area contributed by atoms with E-state index in [-0.39, 0.29) is 30.1 Å². The summed E-state index contributed by atoms with van der Waals surface area (Å²) in [7, 11) is 0. The highest BCUT2D eigenvalue weighted by Crippen LogP contribution is 2.59. The summed E-state index contributed by atoms with van der Waals surface area (Å²) in [6.07, 6.45) is 6.13. The van der Waals surface area contributed by atoms with Crippen LogP contribution in [0.3, 0.4) is 0 Å². The molecule has 2 aromatic carbocycles. The van der Waals surface area contributed by atoms with Crippen molar-refractivity contribution in [1.82, 2.24) is 10.2 Å². The van der Waals surface area contributed by atoms with Crippen LogP contribution in [0.25, 0.3) is 0 Å². The van der Waals surface area contributed by atoms with Gasteiger partial charge in [0.2, 0.25) is 0 Å². The fourth-order valence-electron chi connectivity index (χ4n) is 7.60. The Labute approximate surface area is 286 Å². The number of benzene rings is 2. The second kappa shape index (κ2) is 15.0. The molecule has 0 saturated heterocycles. The molecule has 0 spiro atoms. The third-order valence-electron chi connectivity index (χ3n) is 10.5. The van der Waals surface area contributed by atoms with Crippen LogP contribution in [0.5, 0.6) is 0 Å². The summed E-state index contributed by atoms with van der Waals surface area (Å²) in [6, 6.07) is 12.5. The van der Waals surface area contributed by atoms with Crippen molar-refractivity contribution >= 4 is 23.2 Å². The Balaban J connectivity index is 1.58. The molecular weight excluding hydrogens is 631 g/mol. The molecule has 3 aromatic rings. The van der Waals surface area contributed by atoms with Crippen molar-refractivity contribution < 1.29 is 28.6 Å². The molecule has 258 valence electrons. The predicted octanol–water partition coefficient (Wildman–Crippen LogP) is 7.96. The Kier molecular flexibility index (Phi) is 11.2. The summed E-state index contributed by atoms with van der Waals surface area (Å²) < 4.78 is 28.2. The fourth-order valence-corrected chi connectivity index (χ4v) is 8.29. The van der Waals surface area contributed by atoms with Crippen molar-refractivity contribution in [2.75, 3.05) is 13.1 Å². The number of aliphatic hydroxyl groups excluding tert-OH is 1. The van der Waals surface area contributed by atoms with Crippen LogP contribution in [0.15, 0.2) is 65.6 Å². The lowest BCUT2D eigenvalue weighted by atomic mass is 9.64. The number of urea groups is 1. The standard InChI is InChI=1S/C39H48F2N2O4S/c1-25(2)42-37(46)43(19-16-30-8-6-20-48-30)24-39(47)18-15-33-31-13-10-27(21-29(44)12-9-26(3)7-5-17-38(33,39)4)22-32(31)36(45)28-11-14-34(40)35(41)23-28/h6-8,10-11,13-14,20,22-23,25,29,33,44,47H,5,9,12,15-19,21,24H2,1-4H3,(H,42,46). The molecule has 9 heteroatoms. The number of nitrogens with one attached hydrogen (secondary N) is 1. The van der Waals surface area contributed by atoms with E-state index >= 15 is 0 Å². The van der Waals surface area contributed by atoms with Gasteiger partial charge in [-0.05, 0) is 125 Å². The number of halogens is 2. The van der Waals surface area contributed by atoms with E-state index in [2.05, 4.69) is 25.2 Å². The number of carbonyl (C=O) groups is 2. The molecule has 3 N–H and O–H groups in total. The normalized spacial score (nSPS) is 24.6. The molecule has 6 nitrogen and oxygen atoms in total. The maximum atomic E-state index is 14.3.